The average Bonchev–Trinajstić information content (AvgIpc) is 2.73. The summed E-state index contributed by atoms with van der Waals surface area (Å²) in [6.07, 6.45) is 2.25. The molecular weight excluding hydrogens is 300 g/mol. The zero-order valence-electron chi connectivity index (χ0n) is 9.91. The topological polar surface area (TPSA) is 32.3 Å². The number of hydrogen-bond acceptors (Lipinski definition) is 2. The third-order valence-corrected chi connectivity index (χ3v) is 4.80. The summed E-state index contributed by atoms with van der Waals surface area (Å²) in [5, 5.41) is 5.01. The lowest BCUT2D eigenvalue weighted by atomic mass is 10.00. The third-order valence-electron chi connectivity index (χ3n) is 3.11. The molecule has 0 saturated carbocycles. The number of rotatable bonds is 2. The number of urea groups is 1. The Bertz CT molecular complexity index is 386. The van der Waals surface area contributed by atoms with Crippen LogP contribution in [0.4, 0.5) is 4.79 Å². The molecule has 0 bridgehead atoms. The Morgan fingerprint density at radius 1 is 1.59 bits per heavy atom. The van der Waals surface area contributed by atoms with Gasteiger partial charge in [-0.05, 0) is 40.8 Å². The highest BCUT2D eigenvalue weighted by Crippen LogP contribution is 2.20. The van der Waals surface area contributed by atoms with Crippen LogP contribution in [-0.4, -0.2) is 24.0 Å². The van der Waals surface area contributed by atoms with Gasteiger partial charge in [-0.2, -0.15) is 0 Å². The first kappa shape index (κ1) is 12.9. The van der Waals surface area contributed by atoms with E-state index in [2.05, 4.69) is 28.2 Å². The van der Waals surface area contributed by atoms with Crippen molar-refractivity contribution >= 4 is 33.3 Å². The highest BCUT2D eigenvalue weighted by molar-refractivity contribution is 9.10. The van der Waals surface area contributed by atoms with Crippen molar-refractivity contribution in [2.24, 2.45) is 5.92 Å². The second-order valence-electron chi connectivity index (χ2n) is 4.56. The predicted octanol–water partition coefficient (Wildman–Crippen LogP) is 3.45. The van der Waals surface area contributed by atoms with Gasteiger partial charge in [-0.25, -0.2) is 4.79 Å². The van der Waals surface area contributed by atoms with Gasteiger partial charge in [0.15, 0.2) is 0 Å². The minimum Gasteiger partial charge on any atom is -0.333 e. The number of carbonyl (C=O) groups is 1. The summed E-state index contributed by atoms with van der Waals surface area (Å²) in [5.41, 5.74) is 0. The quantitative estimate of drug-likeness (QED) is 0.890. The second kappa shape index (κ2) is 5.87. The maximum absolute atomic E-state index is 11.9. The molecule has 1 aliphatic heterocycles. The second-order valence-corrected chi connectivity index (χ2v) is 6.47. The highest BCUT2D eigenvalue weighted by Gasteiger charge is 2.19. The van der Waals surface area contributed by atoms with Gasteiger partial charge in [0, 0.05) is 27.8 Å². The molecular formula is C12H17BrN2OS. The number of hydrogen-bond donors (Lipinski definition) is 1. The average molecular weight is 317 g/mol. The van der Waals surface area contributed by atoms with Crippen LogP contribution in [0.25, 0.3) is 0 Å². The van der Waals surface area contributed by atoms with Crippen LogP contribution in [0.3, 0.4) is 0 Å². The molecule has 0 atom stereocenters. The van der Waals surface area contributed by atoms with Crippen molar-refractivity contribution in [1.82, 2.24) is 10.2 Å². The van der Waals surface area contributed by atoms with Gasteiger partial charge in [-0.3, -0.25) is 0 Å². The molecule has 1 fully saturated rings. The van der Waals surface area contributed by atoms with Gasteiger partial charge in [0.05, 0.1) is 6.54 Å². The smallest absolute Gasteiger partial charge is 0.317 e. The molecule has 2 heterocycles. The van der Waals surface area contributed by atoms with E-state index in [1.165, 1.54) is 4.88 Å². The van der Waals surface area contributed by atoms with E-state index in [0.717, 1.165) is 36.3 Å². The van der Waals surface area contributed by atoms with Gasteiger partial charge < -0.3 is 10.2 Å². The number of nitrogens with zero attached hydrogens (tertiary/aromatic N) is 1. The Hall–Kier alpha value is -0.550. The van der Waals surface area contributed by atoms with Gasteiger partial charge >= 0.3 is 6.03 Å². The van der Waals surface area contributed by atoms with E-state index in [-0.39, 0.29) is 6.03 Å². The lowest BCUT2D eigenvalue weighted by Crippen LogP contribution is -2.43. The fourth-order valence-electron chi connectivity index (χ4n) is 1.93. The van der Waals surface area contributed by atoms with E-state index in [1.54, 1.807) is 11.3 Å². The van der Waals surface area contributed by atoms with Crippen LogP contribution >= 0.6 is 27.3 Å². The Morgan fingerprint density at radius 3 is 2.88 bits per heavy atom. The molecule has 1 saturated heterocycles. The lowest BCUT2D eigenvalue weighted by molar-refractivity contribution is 0.173. The zero-order valence-corrected chi connectivity index (χ0v) is 12.3. The maximum Gasteiger partial charge on any atom is 0.317 e. The van der Waals surface area contributed by atoms with Crippen molar-refractivity contribution in [2.45, 2.75) is 26.3 Å². The fraction of sp³-hybridized carbons (Fsp3) is 0.583. The first-order valence-electron chi connectivity index (χ1n) is 5.91. The van der Waals surface area contributed by atoms with Crippen LogP contribution in [0.5, 0.6) is 0 Å². The molecule has 3 nitrogen and oxygen atoms in total. The summed E-state index contributed by atoms with van der Waals surface area (Å²) in [4.78, 5) is 15.0. The van der Waals surface area contributed by atoms with E-state index < -0.39 is 0 Å². The molecule has 0 radical (unpaired) electrons. The van der Waals surface area contributed by atoms with Gasteiger partial charge in [0.25, 0.3) is 0 Å². The molecule has 2 rings (SSSR count). The summed E-state index contributed by atoms with van der Waals surface area (Å²) in [7, 11) is 0. The Balaban J connectivity index is 1.77. The van der Waals surface area contributed by atoms with Crippen LogP contribution in [0.2, 0.25) is 0 Å². The lowest BCUT2D eigenvalue weighted by Gasteiger charge is -2.30. The molecule has 1 aromatic rings. The number of piperidine rings is 1. The minimum absolute atomic E-state index is 0.0708. The standard InChI is InChI=1S/C12H17BrN2OS/c1-9-2-4-15(5-3-9)12(16)14-7-11-6-10(13)8-17-11/h6,8-9H,2-5,7H2,1H3,(H,14,16). The summed E-state index contributed by atoms with van der Waals surface area (Å²) in [6, 6.07) is 2.12. The normalized spacial score (nSPS) is 17.2. The molecule has 1 N–H and O–H groups in total. The number of likely N-dealkylation sites (tertiary alicyclic amines) is 1. The van der Waals surface area contributed by atoms with E-state index in [0.29, 0.717) is 6.54 Å². The Kier molecular flexibility index (Phi) is 4.45. The molecule has 0 spiro atoms. The largest absolute Gasteiger partial charge is 0.333 e. The summed E-state index contributed by atoms with van der Waals surface area (Å²) in [5.74, 6) is 0.757. The van der Waals surface area contributed by atoms with Gasteiger partial charge in [0.1, 0.15) is 0 Å². The molecule has 2 amide bonds. The van der Waals surface area contributed by atoms with E-state index in [4.69, 9.17) is 0 Å². The zero-order chi connectivity index (χ0) is 12.3. The molecule has 0 aromatic carbocycles. The number of amides is 2. The number of halogens is 1. The number of carbonyl (C=O) groups excluding carboxylic acids is 1. The first-order chi connectivity index (χ1) is 8.15. The number of nitrogens with one attached hydrogen (secondary N) is 1. The van der Waals surface area contributed by atoms with Crippen molar-refractivity contribution in [1.29, 1.82) is 0 Å². The maximum atomic E-state index is 11.9. The van der Waals surface area contributed by atoms with Crippen molar-refractivity contribution in [3.05, 3.63) is 20.8 Å². The van der Waals surface area contributed by atoms with Crippen molar-refractivity contribution in [3.8, 4) is 0 Å². The van der Waals surface area contributed by atoms with E-state index >= 15 is 0 Å². The minimum atomic E-state index is 0.0708. The highest BCUT2D eigenvalue weighted by atomic mass is 79.9. The van der Waals surface area contributed by atoms with E-state index in [9.17, 15) is 4.79 Å². The predicted molar refractivity (Wildman–Crippen MR) is 74.2 cm³/mol. The van der Waals surface area contributed by atoms with Gasteiger partial charge in [0.2, 0.25) is 0 Å². The molecule has 1 aromatic heterocycles. The fourth-order valence-corrected chi connectivity index (χ4v) is 3.32. The Morgan fingerprint density at radius 2 is 2.29 bits per heavy atom. The van der Waals surface area contributed by atoms with Gasteiger partial charge in [-0.1, -0.05) is 6.92 Å². The van der Waals surface area contributed by atoms with Crippen LogP contribution < -0.4 is 5.32 Å². The van der Waals surface area contributed by atoms with Crippen molar-refractivity contribution < 1.29 is 4.79 Å². The van der Waals surface area contributed by atoms with Crippen LogP contribution in [-0.2, 0) is 6.54 Å². The summed E-state index contributed by atoms with van der Waals surface area (Å²) in [6.45, 7) is 4.65. The van der Waals surface area contributed by atoms with Crippen molar-refractivity contribution in [2.75, 3.05) is 13.1 Å². The van der Waals surface area contributed by atoms with E-state index in [1.807, 2.05) is 16.3 Å². The molecule has 1 aliphatic rings. The van der Waals surface area contributed by atoms with Crippen LogP contribution in [0.1, 0.15) is 24.6 Å². The first-order valence-corrected chi connectivity index (χ1v) is 7.58. The number of thiophene rings is 1. The molecule has 0 unspecified atom stereocenters. The van der Waals surface area contributed by atoms with Crippen molar-refractivity contribution in [3.63, 3.8) is 0 Å². The Labute approximate surface area is 114 Å². The molecule has 17 heavy (non-hydrogen) atoms. The SMILES string of the molecule is CC1CCN(C(=O)NCc2cc(Br)cs2)CC1. The van der Waals surface area contributed by atoms with Gasteiger partial charge in [-0.15, -0.1) is 11.3 Å². The monoisotopic (exact) mass is 316 g/mol. The van der Waals surface area contributed by atoms with Crippen LogP contribution in [0.15, 0.2) is 15.9 Å². The third kappa shape index (κ3) is 3.71. The molecule has 0 aliphatic carbocycles. The van der Waals surface area contributed by atoms with Crippen LogP contribution in [0, 0.1) is 5.92 Å². The summed E-state index contributed by atoms with van der Waals surface area (Å²) < 4.78 is 1.08. The molecule has 94 valence electrons. The molecule has 5 heteroatoms. The summed E-state index contributed by atoms with van der Waals surface area (Å²) >= 11 is 5.07.